The second-order valence-corrected chi connectivity index (χ2v) is 4.78. The Bertz CT molecular complexity index is 107. The van der Waals surface area contributed by atoms with Gasteiger partial charge in [-0.25, -0.2) is 0 Å². The molecule has 0 amide bonds. The molecule has 0 spiro atoms. The van der Waals surface area contributed by atoms with Gasteiger partial charge in [-0.3, -0.25) is 0 Å². The van der Waals surface area contributed by atoms with Crippen LogP contribution in [0.25, 0.3) is 0 Å². The zero-order chi connectivity index (χ0) is 11.4. The molecule has 0 saturated carbocycles. The first-order chi connectivity index (χ1) is 7.35. The summed E-state index contributed by atoms with van der Waals surface area (Å²) in [5, 5.41) is 0. The molecule has 1 unspecified atom stereocenters. The first-order valence-corrected chi connectivity index (χ1v) is 7.18. The van der Waals surface area contributed by atoms with Gasteiger partial charge in [-0.05, 0) is 12.3 Å². The second kappa shape index (κ2) is 12.1. The number of hydrogen-bond acceptors (Lipinski definition) is 0. The molecule has 1 radical (unpaired) electrons. The van der Waals surface area contributed by atoms with E-state index in [4.69, 9.17) is 0 Å². The van der Waals surface area contributed by atoms with Crippen molar-refractivity contribution in [2.24, 2.45) is 5.92 Å². The summed E-state index contributed by atoms with van der Waals surface area (Å²) in [5.41, 5.74) is 0. The molecule has 0 heteroatoms. The van der Waals surface area contributed by atoms with Crippen molar-refractivity contribution in [3.05, 3.63) is 6.42 Å². The summed E-state index contributed by atoms with van der Waals surface area (Å²) in [6.45, 7) is 6.87. The Kier molecular flexibility index (Phi) is 12.1. The van der Waals surface area contributed by atoms with Crippen molar-refractivity contribution in [3.63, 3.8) is 0 Å². The lowest BCUT2D eigenvalue weighted by Crippen LogP contribution is -2.01. The van der Waals surface area contributed by atoms with Crippen LogP contribution in [-0.4, -0.2) is 0 Å². The Labute approximate surface area is 97.8 Å². The summed E-state index contributed by atoms with van der Waals surface area (Å²) in [6.07, 6.45) is 16.5. The second-order valence-electron chi connectivity index (χ2n) is 4.78. The lowest BCUT2D eigenvalue weighted by molar-refractivity contribution is 0.455. The van der Waals surface area contributed by atoms with Gasteiger partial charge in [-0.1, -0.05) is 85.0 Å². The average Bonchev–Trinajstić information content (AvgIpc) is 2.25. The fourth-order valence-corrected chi connectivity index (χ4v) is 2.16. The van der Waals surface area contributed by atoms with Crippen LogP contribution in [0.5, 0.6) is 0 Å². The molecule has 0 saturated heterocycles. The summed E-state index contributed by atoms with van der Waals surface area (Å²) in [4.78, 5) is 0. The van der Waals surface area contributed by atoms with Gasteiger partial charge in [-0.2, -0.15) is 0 Å². The van der Waals surface area contributed by atoms with E-state index in [2.05, 4.69) is 27.2 Å². The minimum atomic E-state index is 0.913. The summed E-state index contributed by atoms with van der Waals surface area (Å²) < 4.78 is 0. The highest BCUT2D eigenvalue weighted by molar-refractivity contribution is 4.75. The van der Waals surface area contributed by atoms with Crippen molar-refractivity contribution >= 4 is 0 Å². The van der Waals surface area contributed by atoms with Gasteiger partial charge in [0.25, 0.3) is 0 Å². The molecule has 0 aliphatic rings. The molecule has 0 rings (SSSR count). The highest BCUT2D eigenvalue weighted by atomic mass is 14.1. The van der Waals surface area contributed by atoms with E-state index >= 15 is 0 Å². The minimum absolute atomic E-state index is 0.913. The van der Waals surface area contributed by atoms with E-state index in [1.807, 2.05) is 0 Å². The lowest BCUT2D eigenvalue weighted by Gasteiger charge is -2.15. The topological polar surface area (TPSA) is 0 Å². The van der Waals surface area contributed by atoms with Gasteiger partial charge in [0, 0.05) is 0 Å². The number of rotatable bonds is 11. The molecule has 0 aromatic carbocycles. The summed E-state index contributed by atoms with van der Waals surface area (Å²) >= 11 is 0. The maximum atomic E-state index is 2.57. The lowest BCUT2D eigenvalue weighted by atomic mass is 9.91. The molecule has 91 valence electrons. The molecule has 15 heavy (non-hydrogen) atoms. The fourth-order valence-electron chi connectivity index (χ4n) is 2.16. The van der Waals surface area contributed by atoms with Crippen LogP contribution < -0.4 is 0 Å². The molecule has 0 heterocycles. The molecule has 0 aliphatic carbocycles. The molecule has 0 aliphatic heterocycles. The smallest absolute Gasteiger partial charge is 0.0355 e. The van der Waals surface area contributed by atoms with E-state index in [1.54, 1.807) is 0 Å². The van der Waals surface area contributed by atoms with Crippen molar-refractivity contribution in [1.82, 2.24) is 0 Å². The van der Waals surface area contributed by atoms with Crippen molar-refractivity contribution in [3.8, 4) is 0 Å². The molecule has 0 bridgehead atoms. The summed E-state index contributed by atoms with van der Waals surface area (Å²) in [6, 6.07) is 0. The first kappa shape index (κ1) is 15.0. The third-order valence-electron chi connectivity index (χ3n) is 3.13. The van der Waals surface area contributed by atoms with Crippen LogP contribution in [0.4, 0.5) is 0 Å². The van der Waals surface area contributed by atoms with Crippen LogP contribution >= 0.6 is 0 Å². The average molecular weight is 211 g/mol. The van der Waals surface area contributed by atoms with Gasteiger partial charge in [0.2, 0.25) is 0 Å². The van der Waals surface area contributed by atoms with Crippen molar-refractivity contribution in [2.45, 2.75) is 85.0 Å². The number of unbranched alkanes of at least 4 members (excludes halogenated alkanes) is 5. The van der Waals surface area contributed by atoms with E-state index in [-0.39, 0.29) is 0 Å². The third-order valence-corrected chi connectivity index (χ3v) is 3.13. The standard InChI is InChI=1S/C15H31/c1-4-7-9-10-11-14-15(12-6-3)13-8-5-2/h13,15H,4-12,14H2,1-3H3. The van der Waals surface area contributed by atoms with E-state index in [9.17, 15) is 0 Å². The zero-order valence-electron chi connectivity index (χ0n) is 11.2. The van der Waals surface area contributed by atoms with Gasteiger partial charge in [0.1, 0.15) is 0 Å². The molecule has 0 nitrogen and oxygen atoms in total. The SMILES string of the molecule is CCC[CH]C(CCC)CCCCCCC. The van der Waals surface area contributed by atoms with E-state index in [0.29, 0.717) is 0 Å². The van der Waals surface area contributed by atoms with Gasteiger partial charge in [0.15, 0.2) is 0 Å². The van der Waals surface area contributed by atoms with Crippen LogP contribution in [0.15, 0.2) is 0 Å². The molecular formula is C15H31. The van der Waals surface area contributed by atoms with E-state index in [0.717, 1.165) is 5.92 Å². The molecule has 0 N–H and O–H groups in total. The molecular weight excluding hydrogens is 180 g/mol. The summed E-state index contributed by atoms with van der Waals surface area (Å²) in [7, 11) is 0. The van der Waals surface area contributed by atoms with Gasteiger partial charge >= 0.3 is 0 Å². The van der Waals surface area contributed by atoms with Crippen LogP contribution in [-0.2, 0) is 0 Å². The largest absolute Gasteiger partial charge is 0.0654 e. The molecule has 1 atom stereocenters. The maximum Gasteiger partial charge on any atom is -0.0355 e. The molecule has 0 aromatic rings. The number of hydrogen-bond donors (Lipinski definition) is 0. The van der Waals surface area contributed by atoms with Crippen molar-refractivity contribution < 1.29 is 0 Å². The quantitative estimate of drug-likeness (QED) is 0.381. The predicted molar refractivity (Wildman–Crippen MR) is 71.0 cm³/mol. The fraction of sp³-hybridized carbons (Fsp3) is 0.933. The Hall–Kier alpha value is 0. The molecule has 0 aromatic heterocycles. The predicted octanol–water partition coefficient (Wildman–Crippen LogP) is 5.77. The normalized spacial score (nSPS) is 13.0. The third kappa shape index (κ3) is 10.3. The molecule has 0 fully saturated rings. The zero-order valence-corrected chi connectivity index (χ0v) is 11.2. The highest BCUT2D eigenvalue weighted by Crippen LogP contribution is 2.21. The van der Waals surface area contributed by atoms with Crippen LogP contribution in [0, 0.1) is 12.3 Å². The maximum absolute atomic E-state index is 2.57. The Balaban J connectivity index is 3.38. The summed E-state index contributed by atoms with van der Waals surface area (Å²) in [5.74, 6) is 0.913. The Morgan fingerprint density at radius 1 is 0.733 bits per heavy atom. The van der Waals surface area contributed by atoms with E-state index < -0.39 is 0 Å². The first-order valence-electron chi connectivity index (χ1n) is 7.18. The van der Waals surface area contributed by atoms with Crippen molar-refractivity contribution in [1.29, 1.82) is 0 Å². The monoisotopic (exact) mass is 211 g/mol. The Morgan fingerprint density at radius 2 is 1.47 bits per heavy atom. The van der Waals surface area contributed by atoms with Gasteiger partial charge < -0.3 is 0 Å². The van der Waals surface area contributed by atoms with Crippen LogP contribution in [0.1, 0.15) is 85.0 Å². The van der Waals surface area contributed by atoms with Crippen molar-refractivity contribution in [2.75, 3.05) is 0 Å². The van der Waals surface area contributed by atoms with Gasteiger partial charge in [0.05, 0.1) is 0 Å². The highest BCUT2D eigenvalue weighted by Gasteiger charge is 2.06. The Morgan fingerprint density at radius 3 is 2.07 bits per heavy atom. The van der Waals surface area contributed by atoms with Gasteiger partial charge in [-0.15, -0.1) is 0 Å². The van der Waals surface area contributed by atoms with Crippen LogP contribution in [0.2, 0.25) is 0 Å². The van der Waals surface area contributed by atoms with Crippen LogP contribution in [0.3, 0.4) is 0 Å². The van der Waals surface area contributed by atoms with E-state index in [1.165, 1.54) is 64.2 Å². The minimum Gasteiger partial charge on any atom is -0.0654 e.